The number of hydrogen-bond donors (Lipinski definition) is 1. The Morgan fingerprint density at radius 1 is 1.31 bits per heavy atom. The molecule has 1 unspecified atom stereocenters. The Morgan fingerprint density at radius 2 is 2.04 bits per heavy atom. The van der Waals surface area contributed by atoms with E-state index in [1.54, 1.807) is 6.20 Å². The molecule has 0 aliphatic heterocycles. The van der Waals surface area contributed by atoms with Crippen LogP contribution >= 0.6 is 11.3 Å². The number of thiazole rings is 1. The van der Waals surface area contributed by atoms with Crippen molar-refractivity contribution < 1.29 is 4.79 Å². The number of rotatable bonds is 6. The van der Waals surface area contributed by atoms with E-state index in [-0.39, 0.29) is 17.2 Å². The monoisotopic (exact) mass is 370 g/mol. The minimum atomic E-state index is -0.395. The molecule has 3 aromatic rings. The molecule has 1 atom stereocenters. The molecule has 6 nitrogen and oxygen atoms in total. The fourth-order valence-corrected chi connectivity index (χ4v) is 3.57. The predicted molar refractivity (Wildman–Crippen MR) is 104 cm³/mol. The first-order valence-electron chi connectivity index (χ1n) is 8.44. The van der Waals surface area contributed by atoms with Gasteiger partial charge in [-0.25, -0.2) is 4.98 Å². The van der Waals surface area contributed by atoms with Crippen molar-refractivity contribution >= 4 is 22.2 Å². The van der Waals surface area contributed by atoms with Crippen molar-refractivity contribution in [3.8, 4) is 0 Å². The maximum atomic E-state index is 12.8. The van der Waals surface area contributed by atoms with Crippen molar-refractivity contribution in [2.24, 2.45) is 0 Å². The molecule has 1 amide bonds. The van der Waals surface area contributed by atoms with E-state index in [9.17, 15) is 9.59 Å². The minimum absolute atomic E-state index is 0.0612. The number of aromatic nitrogens is 2. The van der Waals surface area contributed by atoms with Crippen molar-refractivity contribution in [1.82, 2.24) is 19.6 Å². The fourth-order valence-electron chi connectivity index (χ4n) is 2.78. The van der Waals surface area contributed by atoms with Crippen LogP contribution in [0.1, 0.15) is 33.3 Å². The highest BCUT2D eigenvalue weighted by molar-refractivity contribution is 7.16. The van der Waals surface area contributed by atoms with Gasteiger partial charge in [0.05, 0.1) is 6.04 Å². The van der Waals surface area contributed by atoms with Crippen LogP contribution in [0.3, 0.4) is 0 Å². The van der Waals surface area contributed by atoms with Crippen LogP contribution in [0.4, 0.5) is 0 Å². The Bertz CT molecular complexity index is 963. The van der Waals surface area contributed by atoms with Crippen LogP contribution in [0.5, 0.6) is 0 Å². The summed E-state index contributed by atoms with van der Waals surface area (Å²) in [6, 6.07) is 9.63. The van der Waals surface area contributed by atoms with Crippen LogP contribution < -0.4 is 10.9 Å². The van der Waals surface area contributed by atoms with Crippen LogP contribution in [0.25, 0.3) is 4.96 Å². The molecule has 1 N–H and O–H groups in total. The summed E-state index contributed by atoms with van der Waals surface area (Å²) >= 11 is 1.42. The van der Waals surface area contributed by atoms with Gasteiger partial charge in [0.25, 0.3) is 11.5 Å². The van der Waals surface area contributed by atoms with Crippen molar-refractivity contribution in [1.29, 1.82) is 0 Å². The number of benzene rings is 1. The second-order valence-electron chi connectivity index (χ2n) is 6.50. The predicted octanol–water partition coefficient (Wildman–Crippen LogP) is 2.49. The Balaban J connectivity index is 1.87. The maximum Gasteiger partial charge on any atom is 0.271 e. The highest BCUT2D eigenvalue weighted by atomic mass is 32.1. The lowest BCUT2D eigenvalue weighted by Gasteiger charge is -2.21. The fraction of sp³-hybridized carbons (Fsp3) is 0.316. The van der Waals surface area contributed by atoms with E-state index in [2.05, 4.69) is 15.2 Å². The lowest BCUT2D eigenvalue weighted by molar-refractivity contribution is 0.0930. The zero-order valence-electron chi connectivity index (χ0n) is 15.1. The van der Waals surface area contributed by atoms with Gasteiger partial charge >= 0.3 is 0 Å². The summed E-state index contributed by atoms with van der Waals surface area (Å²) in [6.45, 7) is 2.73. The second-order valence-corrected chi connectivity index (χ2v) is 7.71. The molecule has 0 saturated carbocycles. The van der Waals surface area contributed by atoms with Gasteiger partial charge in [-0.15, -0.1) is 11.3 Å². The summed E-state index contributed by atoms with van der Waals surface area (Å²) in [5.41, 5.74) is 0.741. The molecule has 0 aliphatic carbocycles. The van der Waals surface area contributed by atoms with E-state index in [4.69, 9.17) is 0 Å². The van der Waals surface area contributed by atoms with E-state index >= 15 is 0 Å². The van der Waals surface area contributed by atoms with Crippen molar-refractivity contribution in [2.45, 2.75) is 19.4 Å². The Hall–Kier alpha value is -2.51. The van der Waals surface area contributed by atoms with E-state index in [1.807, 2.05) is 51.4 Å². The normalized spacial score (nSPS) is 12.5. The minimum Gasteiger partial charge on any atom is -0.345 e. The van der Waals surface area contributed by atoms with Gasteiger partial charge in [-0.05, 0) is 39.5 Å². The zero-order chi connectivity index (χ0) is 18.7. The smallest absolute Gasteiger partial charge is 0.271 e. The van der Waals surface area contributed by atoms with Gasteiger partial charge in [-0.2, -0.15) is 0 Å². The van der Waals surface area contributed by atoms with E-state index in [1.165, 1.54) is 21.9 Å². The lowest BCUT2D eigenvalue weighted by atomic mass is 10.0. The quantitative estimate of drug-likeness (QED) is 0.724. The molecule has 0 bridgehead atoms. The van der Waals surface area contributed by atoms with Crippen molar-refractivity contribution in [3.05, 3.63) is 69.1 Å². The second kappa shape index (κ2) is 7.80. The van der Waals surface area contributed by atoms with Crippen LogP contribution in [0.2, 0.25) is 0 Å². The summed E-state index contributed by atoms with van der Waals surface area (Å²) < 4.78 is 1.44. The third-order valence-electron chi connectivity index (χ3n) is 4.14. The lowest BCUT2D eigenvalue weighted by Crippen LogP contribution is -2.35. The average molecular weight is 370 g/mol. The molecule has 0 fully saturated rings. The maximum absolute atomic E-state index is 12.8. The molecular weight excluding hydrogens is 348 g/mol. The molecule has 0 saturated heterocycles. The van der Waals surface area contributed by atoms with Gasteiger partial charge in [0.2, 0.25) is 0 Å². The summed E-state index contributed by atoms with van der Waals surface area (Å²) in [5, 5.41) is 3.00. The Kier molecular flexibility index (Phi) is 5.49. The number of carbonyl (C=O) groups is 1. The number of nitrogens with one attached hydrogen (secondary N) is 1. The number of amides is 1. The molecule has 26 heavy (non-hydrogen) atoms. The molecule has 136 valence electrons. The third-order valence-corrected chi connectivity index (χ3v) is 5.05. The molecule has 2 heterocycles. The number of hydrogen-bond acceptors (Lipinski definition) is 5. The molecular formula is C19H22N4O2S. The molecule has 1 aromatic carbocycles. The summed E-state index contributed by atoms with van der Waals surface area (Å²) in [4.78, 5) is 33.3. The highest BCUT2D eigenvalue weighted by Gasteiger charge is 2.19. The zero-order valence-corrected chi connectivity index (χ0v) is 15.9. The standard InChI is InChI=1S/C19H22N4O2S/c1-13-12-23-18(25)15(11-20-19(23)26-13)17(24)21-16(9-10-22(2)3)14-7-5-4-6-8-14/h4-8,11-12,16H,9-10H2,1-3H3,(H,21,24). The topological polar surface area (TPSA) is 66.7 Å². The van der Waals surface area contributed by atoms with Gasteiger partial charge in [0, 0.05) is 17.3 Å². The van der Waals surface area contributed by atoms with Crippen LogP contribution in [0.15, 0.2) is 47.5 Å². The molecule has 3 rings (SSSR count). The number of fused-ring (bicyclic) bond motifs is 1. The summed E-state index contributed by atoms with van der Waals surface area (Å²) in [5.74, 6) is -0.395. The summed E-state index contributed by atoms with van der Waals surface area (Å²) in [7, 11) is 3.99. The molecule has 7 heteroatoms. The highest BCUT2D eigenvalue weighted by Crippen LogP contribution is 2.18. The number of nitrogens with zero attached hydrogens (tertiary/aromatic N) is 3. The molecule has 2 aromatic heterocycles. The van der Waals surface area contributed by atoms with E-state index < -0.39 is 5.91 Å². The SMILES string of the molecule is Cc1cn2c(=O)c(C(=O)NC(CCN(C)C)c3ccccc3)cnc2s1. The number of aryl methyl sites for hydroxylation is 1. The van der Waals surface area contributed by atoms with Gasteiger partial charge in [0.15, 0.2) is 4.96 Å². The average Bonchev–Trinajstić information content (AvgIpc) is 3.00. The van der Waals surface area contributed by atoms with Gasteiger partial charge < -0.3 is 10.2 Å². The first kappa shape index (κ1) is 18.3. The van der Waals surface area contributed by atoms with E-state index in [0.29, 0.717) is 4.96 Å². The largest absolute Gasteiger partial charge is 0.345 e. The molecule has 0 spiro atoms. The number of carbonyl (C=O) groups excluding carboxylic acids is 1. The van der Waals surface area contributed by atoms with Gasteiger partial charge in [0.1, 0.15) is 5.56 Å². The van der Waals surface area contributed by atoms with Crippen LogP contribution in [-0.2, 0) is 0 Å². The van der Waals surface area contributed by atoms with Gasteiger partial charge in [-0.3, -0.25) is 14.0 Å². The van der Waals surface area contributed by atoms with Crippen LogP contribution in [-0.4, -0.2) is 40.8 Å². The first-order valence-corrected chi connectivity index (χ1v) is 9.25. The van der Waals surface area contributed by atoms with E-state index in [0.717, 1.165) is 23.4 Å². The van der Waals surface area contributed by atoms with Gasteiger partial charge in [-0.1, -0.05) is 30.3 Å². The third kappa shape index (κ3) is 4.00. The Labute approximate surface area is 156 Å². The van der Waals surface area contributed by atoms with Crippen molar-refractivity contribution in [2.75, 3.05) is 20.6 Å². The summed E-state index contributed by atoms with van der Waals surface area (Å²) in [6.07, 6.45) is 3.83. The first-order chi connectivity index (χ1) is 12.5. The van der Waals surface area contributed by atoms with Crippen LogP contribution in [0, 0.1) is 6.92 Å². The molecule has 0 radical (unpaired) electrons. The Morgan fingerprint density at radius 3 is 2.73 bits per heavy atom. The van der Waals surface area contributed by atoms with Crippen molar-refractivity contribution in [3.63, 3.8) is 0 Å². The molecule has 0 aliphatic rings.